The van der Waals surface area contributed by atoms with Crippen LogP contribution in [-0.2, 0) is 23.0 Å². The number of hydrogen-bond acceptors (Lipinski definition) is 5. The molecule has 0 radical (unpaired) electrons. The number of carbonyl (C=O) groups excluding carboxylic acids is 2. The van der Waals surface area contributed by atoms with Crippen LogP contribution in [0, 0.1) is 0 Å². The van der Waals surface area contributed by atoms with Gasteiger partial charge in [0.1, 0.15) is 5.69 Å². The van der Waals surface area contributed by atoms with E-state index in [1.807, 2.05) is 48.5 Å². The number of aryl methyl sites for hydroxylation is 1. The number of carbonyl (C=O) groups is 2. The summed E-state index contributed by atoms with van der Waals surface area (Å²) >= 11 is 6.08. The van der Waals surface area contributed by atoms with Gasteiger partial charge in [0, 0.05) is 30.6 Å². The SMILES string of the molecule is CCOC(=O)[C@H](O)C[C@@H](Cc1ccc(-c2cccc(Cl)c2)cc1)NC(=O)c1cc(=O)n(C)[nH]1. The Morgan fingerprint density at radius 2 is 1.88 bits per heavy atom. The van der Waals surface area contributed by atoms with Crippen LogP contribution in [0.1, 0.15) is 29.4 Å². The van der Waals surface area contributed by atoms with E-state index in [0.29, 0.717) is 11.4 Å². The number of nitrogens with one attached hydrogen (secondary N) is 2. The van der Waals surface area contributed by atoms with Crippen molar-refractivity contribution in [3.8, 4) is 11.1 Å². The van der Waals surface area contributed by atoms with E-state index in [2.05, 4.69) is 10.4 Å². The molecule has 0 aliphatic rings. The lowest BCUT2D eigenvalue weighted by molar-refractivity contribution is -0.153. The first-order chi connectivity index (χ1) is 15.8. The van der Waals surface area contributed by atoms with Crippen molar-refractivity contribution in [1.82, 2.24) is 15.1 Å². The topological polar surface area (TPSA) is 113 Å². The fourth-order valence-electron chi connectivity index (χ4n) is 3.45. The van der Waals surface area contributed by atoms with Gasteiger partial charge in [0.05, 0.1) is 6.61 Å². The minimum Gasteiger partial charge on any atom is -0.464 e. The zero-order valence-electron chi connectivity index (χ0n) is 18.4. The number of esters is 1. The molecule has 9 heteroatoms. The second-order valence-electron chi connectivity index (χ2n) is 7.65. The lowest BCUT2D eigenvalue weighted by Crippen LogP contribution is -2.41. The van der Waals surface area contributed by atoms with Crippen LogP contribution in [0.3, 0.4) is 0 Å². The number of ether oxygens (including phenoxy) is 1. The highest BCUT2D eigenvalue weighted by atomic mass is 35.5. The van der Waals surface area contributed by atoms with Crippen molar-refractivity contribution < 1.29 is 19.4 Å². The van der Waals surface area contributed by atoms with Crippen LogP contribution in [0.25, 0.3) is 11.1 Å². The largest absolute Gasteiger partial charge is 0.464 e. The third kappa shape index (κ3) is 6.57. The Balaban J connectivity index is 1.77. The zero-order chi connectivity index (χ0) is 24.0. The number of halogens is 1. The molecule has 2 aromatic carbocycles. The van der Waals surface area contributed by atoms with Crippen LogP contribution in [0.15, 0.2) is 59.4 Å². The number of aromatic nitrogens is 2. The monoisotopic (exact) mass is 471 g/mol. The fourth-order valence-corrected chi connectivity index (χ4v) is 3.64. The minimum atomic E-state index is -1.39. The standard InChI is InChI=1S/C24H26ClN3O5/c1-3-33-24(32)21(29)13-19(26-23(31)20-14-22(30)28(2)27-20)11-15-7-9-16(10-8-15)17-5-4-6-18(25)12-17/h4-10,12,14,19,21,27,29H,3,11,13H2,1-2H3,(H,26,31)/t19-,21-/m1/s1. The summed E-state index contributed by atoms with van der Waals surface area (Å²) in [5.41, 5.74) is 2.60. The molecular formula is C24H26ClN3O5. The Morgan fingerprint density at radius 3 is 2.48 bits per heavy atom. The molecule has 2 atom stereocenters. The van der Waals surface area contributed by atoms with E-state index in [1.54, 1.807) is 6.92 Å². The first-order valence-corrected chi connectivity index (χ1v) is 10.9. The van der Waals surface area contributed by atoms with Gasteiger partial charge in [-0.15, -0.1) is 0 Å². The quantitative estimate of drug-likeness (QED) is 0.415. The Bertz CT molecular complexity index is 1170. The Morgan fingerprint density at radius 1 is 1.15 bits per heavy atom. The number of benzene rings is 2. The first-order valence-electron chi connectivity index (χ1n) is 10.5. The summed E-state index contributed by atoms with van der Waals surface area (Å²) in [6.45, 7) is 1.79. The van der Waals surface area contributed by atoms with Gasteiger partial charge in [-0.05, 0) is 42.2 Å². The average Bonchev–Trinajstić information content (AvgIpc) is 3.13. The number of amides is 1. The molecule has 1 aromatic heterocycles. The lowest BCUT2D eigenvalue weighted by Gasteiger charge is -2.21. The van der Waals surface area contributed by atoms with Crippen LogP contribution in [0.2, 0.25) is 5.02 Å². The summed E-state index contributed by atoms with van der Waals surface area (Å²) in [5, 5.41) is 16.4. The molecule has 1 amide bonds. The van der Waals surface area contributed by atoms with Crippen molar-refractivity contribution in [2.45, 2.75) is 31.9 Å². The van der Waals surface area contributed by atoms with Gasteiger partial charge in [-0.25, -0.2) is 4.79 Å². The van der Waals surface area contributed by atoms with Gasteiger partial charge in [-0.2, -0.15) is 0 Å². The van der Waals surface area contributed by atoms with Gasteiger partial charge >= 0.3 is 5.97 Å². The molecule has 174 valence electrons. The summed E-state index contributed by atoms with van der Waals surface area (Å²) in [5.74, 6) is -1.26. The third-order valence-corrected chi connectivity index (χ3v) is 5.36. The molecule has 3 N–H and O–H groups in total. The van der Waals surface area contributed by atoms with Gasteiger partial charge in [-0.1, -0.05) is 48.0 Å². The van der Waals surface area contributed by atoms with Crippen LogP contribution >= 0.6 is 11.6 Å². The van der Waals surface area contributed by atoms with Crippen molar-refractivity contribution in [1.29, 1.82) is 0 Å². The van der Waals surface area contributed by atoms with Crippen molar-refractivity contribution in [2.75, 3.05) is 6.61 Å². The predicted octanol–water partition coefficient (Wildman–Crippen LogP) is 2.69. The van der Waals surface area contributed by atoms with E-state index in [1.165, 1.54) is 17.8 Å². The Hall–Kier alpha value is -3.36. The number of nitrogens with zero attached hydrogens (tertiary/aromatic N) is 1. The molecule has 1 heterocycles. The van der Waals surface area contributed by atoms with Gasteiger partial charge in [0.15, 0.2) is 6.10 Å². The van der Waals surface area contributed by atoms with Crippen LogP contribution in [0.4, 0.5) is 0 Å². The summed E-state index contributed by atoms with van der Waals surface area (Å²) in [7, 11) is 1.50. The molecule has 0 unspecified atom stereocenters. The van der Waals surface area contributed by atoms with Gasteiger partial charge in [0.2, 0.25) is 0 Å². The lowest BCUT2D eigenvalue weighted by atomic mass is 9.97. The van der Waals surface area contributed by atoms with Crippen molar-refractivity contribution >= 4 is 23.5 Å². The van der Waals surface area contributed by atoms with E-state index in [9.17, 15) is 19.5 Å². The molecule has 33 heavy (non-hydrogen) atoms. The van der Waals surface area contributed by atoms with Crippen molar-refractivity contribution in [3.05, 3.63) is 81.2 Å². The van der Waals surface area contributed by atoms with Gasteiger partial charge in [0.25, 0.3) is 11.5 Å². The number of aliphatic hydroxyl groups excluding tert-OH is 1. The van der Waals surface area contributed by atoms with E-state index >= 15 is 0 Å². The fraction of sp³-hybridized carbons (Fsp3) is 0.292. The number of hydrogen-bond donors (Lipinski definition) is 3. The van der Waals surface area contributed by atoms with Gasteiger partial charge in [-0.3, -0.25) is 19.4 Å². The molecule has 3 aromatic rings. The summed E-state index contributed by atoms with van der Waals surface area (Å²) in [6, 6.07) is 15.8. The molecule has 3 rings (SSSR count). The normalized spacial score (nSPS) is 12.7. The molecule has 0 saturated heterocycles. The number of aromatic amines is 1. The Kier molecular flexibility index (Phi) is 8.08. The smallest absolute Gasteiger partial charge is 0.335 e. The molecule has 0 fully saturated rings. The molecule has 0 spiro atoms. The van der Waals surface area contributed by atoms with Crippen molar-refractivity contribution in [3.63, 3.8) is 0 Å². The maximum Gasteiger partial charge on any atom is 0.335 e. The van der Waals surface area contributed by atoms with E-state index in [-0.39, 0.29) is 24.3 Å². The molecule has 0 aliphatic carbocycles. The maximum atomic E-state index is 12.7. The second kappa shape index (κ2) is 11.0. The maximum absolute atomic E-state index is 12.7. The van der Waals surface area contributed by atoms with Crippen LogP contribution in [0.5, 0.6) is 0 Å². The molecule has 8 nitrogen and oxygen atoms in total. The molecule has 0 saturated carbocycles. The highest BCUT2D eigenvalue weighted by Crippen LogP contribution is 2.23. The number of H-pyrrole nitrogens is 1. The molecular weight excluding hydrogens is 446 g/mol. The summed E-state index contributed by atoms with van der Waals surface area (Å²) in [4.78, 5) is 36.2. The highest BCUT2D eigenvalue weighted by molar-refractivity contribution is 6.30. The average molecular weight is 472 g/mol. The second-order valence-corrected chi connectivity index (χ2v) is 8.09. The molecule has 0 aliphatic heterocycles. The zero-order valence-corrected chi connectivity index (χ0v) is 19.1. The summed E-state index contributed by atoms with van der Waals surface area (Å²) < 4.78 is 6.06. The summed E-state index contributed by atoms with van der Waals surface area (Å²) in [6.07, 6.45) is -1.08. The number of rotatable bonds is 9. The van der Waals surface area contributed by atoms with E-state index in [0.717, 1.165) is 16.7 Å². The highest BCUT2D eigenvalue weighted by Gasteiger charge is 2.24. The first kappa shape index (κ1) is 24.3. The predicted molar refractivity (Wildman–Crippen MR) is 125 cm³/mol. The van der Waals surface area contributed by atoms with E-state index in [4.69, 9.17) is 16.3 Å². The van der Waals surface area contributed by atoms with Crippen molar-refractivity contribution in [2.24, 2.45) is 7.05 Å². The molecule has 0 bridgehead atoms. The van der Waals surface area contributed by atoms with Crippen LogP contribution in [-0.4, -0.2) is 45.5 Å². The van der Waals surface area contributed by atoms with E-state index < -0.39 is 24.0 Å². The third-order valence-electron chi connectivity index (χ3n) is 5.13. The van der Waals surface area contributed by atoms with Crippen LogP contribution < -0.4 is 10.9 Å². The minimum absolute atomic E-state index is 0.0440. The number of aliphatic hydroxyl groups is 1. The Labute approximate surface area is 196 Å². The van der Waals surface area contributed by atoms with Gasteiger partial charge < -0.3 is 15.2 Å².